The molecule has 4 saturated carbocycles. The second-order valence-corrected chi connectivity index (χ2v) is 11.2. The summed E-state index contributed by atoms with van der Waals surface area (Å²) in [6.07, 6.45) is 7.19. The van der Waals surface area contributed by atoms with Crippen LogP contribution in [0.5, 0.6) is 0 Å². The fourth-order valence-corrected chi connectivity index (χ4v) is 7.00. The summed E-state index contributed by atoms with van der Waals surface area (Å²) in [6, 6.07) is 5.78. The number of nitrogens with one attached hydrogen (secondary N) is 3. The molecule has 2 aromatic rings. The number of sulfonamides is 1. The summed E-state index contributed by atoms with van der Waals surface area (Å²) in [5, 5.41) is 6.12. The molecule has 2 amide bonds. The van der Waals surface area contributed by atoms with Gasteiger partial charge in [-0.1, -0.05) is 0 Å². The van der Waals surface area contributed by atoms with Gasteiger partial charge in [0, 0.05) is 11.2 Å². The van der Waals surface area contributed by atoms with Crippen LogP contribution in [0.2, 0.25) is 0 Å². The third-order valence-electron chi connectivity index (χ3n) is 7.09. The maximum Gasteiger partial charge on any atom is 0.319 e. The highest BCUT2D eigenvalue weighted by Crippen LogP contribution is 2.55. The van der Waals surface area contributed by atoms with E-state index in [-0.39, 0.29) is 22.5 Å². The van der Waals surface area contributed by atoms with E-state index in [1.54, 1.807) is 26.0 Å². The van der Waals surface area contributed by atoms with Gasteiger partial charge in [0.15, 0.2) is 0 Å². The zero-order valence-electron chi connectivity index (χ0n) is 17.8. The molecule has 4 fully saturated rings. The zero-order chi connectivity index (χ0) is 21.8. The van der Waals surface area contributed by atoms with Gasteiger partial charge in [0.1, 0.15) is 5.76 Å². The number of anilines is 2. The van der Waals surface area contributed by atoms with Crippen LogP contribution in [0.25, 0.3) is 0 Å². The largest absolute Gasteiger partial charge is 0.428 e. The van der Waals surface area contributed by atoms with E-state index in [2.05, 4.69) is 20.3 Å². The van der Waals surface area contributed by atoms with Crippen LogP contribution in [0.15, 0.2) is 33.6 Å². The van der Waals surface area contributed by atoms with Gasteiger partial charge in [-0.15, -0.1) is 0 Å². The highest BCUT2D eigenvalue weighted by atomic mass is 32.2. The molecule has 1 heterocycles. The smallest absolute Gasteiger partial charge is 0.319 e. The lowest BCUT2D eigenvalue weighted by Crippen LogP contribution is -2.60. The Balaban J connectivity index is 1.22. The first-order valence-electron chi connectivity index (χ1n) is 10.9. The van der Waals surface area contributed by atoms with Crippen molar-refractivity contribution in [3.63, 3.8) is 0 Å². The number of oxazole rings is 1. The Morgan fingerprint density at radius 1 is 1.03 bits per heavy atom. The van der Waals surface area contributed by atoms with Gasteiger partial charge in [-0.25, -0.2) is 17.9 Å². The molecule has 3 N–H and O–H groups in total. The molecule has 1 aromatic carbocycles. The van der Waals surface area contributed by atoms with Crippen LogP contribution >= 0.6 is 0 Å². The molecule has 0 aliphatic heterocycles. The first-order valence-corrected chi connectivity index (χ1v) is 12.3. The quantitative estimate of drug-likeness (QED) is 0.640. The SMILES string of the molecule is Cc1nc(NS(=O)(=O)c2ccc(NC(=O)NC34CC5CC(CC(C5)C3)C4)cc2)oc1C. The van der Waals surface area contributed by atoms with Gasteiger partial charge in [-0.05, 0) is 94.4 Å². The van der Waals surface area contributed by atoms with Crippen LogP contribution in [0, 0.1) is 31.6 Å². The number of aromatic nitrogens is 1. The summed E-state index contributed by atoms with van der Waals surface area (Å²) in [6.45, 7) is 3.46. The number of hydrogen-bond donors (Lipinski definition) is 3. The predicted octanol–water partition coefficient (Wildman–Crippen LogP) is 4.18. The van der Waals surface area contributed by atoms with E-state index in [9.17, 15) is 13.2 Å². The van der Waals surface area contributed by atoms with Crippen molar-refractivity contribution in [2.24, 2.45) is 17.8 Å². The van der Waals surface area contributed by atoms with Gasteiger partial charge < -0.3 is 15.1 Å². The lowest BCUT2D eigenvalue weighted by atomic mass is 9.53. The third-order valence-corrected chi connectivity index (χ3v) is 8.43. The zero-order valence-corrected chi connectivity index (χ0v) is 18.6. The lowest BCUT2D eigenvalue weighted by Gasteiger charge is -2.56. The average molecular weight is 445 g/mol. The van der Waals surface area contributed by atoms with E-state index < -0.39 is 10.0 Å². The van der Waals surface area contributed by atoms with Gasteiger partial charge in [-0.2, -0.15) is 4.98 Å². The van der Waals surface area contributed by atoms with Crippen molar-refractivity contribution in [2.75, 3.05) is 10.0 Å². The Labute approximate surface area is 182 Å². The molecule has 0 radical (unpaired) electrons. The van der Waals surface area contributed by atoms with Crippen LogP contribution in [0.1, 0.15) is 50.0 Å². The predicted molar refractivity (Wildman–Crippen MR) is 116 cm³/mol. The Hall–Kier alpha value is -2.55. The molecule has 0 spiro atoms. The van der Waals surface area contributed by atoms with E-state index in [4.69, 9.17) is 4.42 Å². The lowest BCUT2D eigenvalue weighted by molar-refractivity contribution is -0.0127. The van der Waals surface area contributed by atoms with E-state index in [0.717, 1.165) is 37.0 Å². The molecule has 6 rings (SSSR count). The van der Waals surface area contributed by atoms with Crippen molar-refractivity contribution >= 4 is 27.8 Å². The molecule has 166 valence electrons. The number of benzene rings is 1. The second kappa shape index (κ2) is 7.25. The fourth-order valence-electron chi connectivity index (χ4n) is 6.07. The molecule has 4 bridgehead atoms. The van der Waals surface area contributed by atoms with Gasteiger partial charge >= 0.3 is 12.0 Å². The molecule has 0 atom stereocenters. The molecular weight excluding hydrogens is 416 g/mol. The van der Waals surface area contributed by atoms with E-state index >= 15 is 0 Å². The summed E-state index contributed by atoms with van der Waals surface area (Å²) < 4.78 is 32.8. The average Bonchev–Trinajstić information content (AvgIpc) is 2.96. The minimum atomic E-state index is -3.83. The van der Waals surface area contributed by atoms with E-state index in [1.807, 2.05) is 0 Å². The van der Waals surface area contributed by atoms with Crippen molar-refractivity contribution < 1.29 is 17.6 Å². The fraction of sp³-hybridized carbons (Fsp3) is 0.545. The Morgan fingerprint density at radius 3 is 2.13 bits per heavy atom. The molecule has 4 aliphatic carbocycles. The van der Waals surface area contributed by atoms with Crippen LogP contribution in [-0.4, -0.2) is 25.0 Å². The number of rotatable bonds is 5. The number of nitrogens with zero attached hydrogens (tertiary/aromatic N) is 1. The van der Waals surface area contributed by atoms with Crippen LogP contribution in [0.4, 0.5) is 16.5 Å². The summed E-state index contributed by atoms with van der Waals surface area (Å²) >= 11 is 0. The van der Waals surface area contributed by atoms with Gasteiger partial charge in [0.2, 0.25) is 0 Å². The van der Waals surface area contributed by atoms with E-state index in [1.165, 1.54) is 31.4 Å². The molecular formula is C22H28N4O4S. The standard InChI is InChI=1S/C22H28N4O4S/c1-13-14(2)30-21(23-13)26-31(28,29)19-5-3-18(4-6-19)24-20(27)25-22-10-15-7-16(11-22)9-17(8-15)12-22/h3-6,15-17H,7-12H2,1-2H3,(H,23,26)(H2,24,25,27). The van der Waals surface area contributed by atoms with Crippen LogP contribution < -0.4 is 15.4 Å². The number of carbonyl (C=O) groups excluding carboxylic acids is 1. The summed E-state index contributed by atoms with van der Waals surface area (Å²) in [5.74, 6) is 2.81. The first kappa shape index (κ1) is 20.4. The monoisotopic (exact) mass is 444 g/mol. The summed E-state index contributed by atoms with van der Waals surface area (Å²) in [4.78, 5) is 16.8. The third kappa shape index (κ3) is 4.03. The number of urea groups is 1. The van der Waals surface area contributed by atoms with Crippen molar-refractivity contribution in [1.82, 2.24) is 10.3 Å². The number of carbonyl (C=O) groups is 1. The van der Waals surface area contributed by atoms with Crippen LogP contribution in [-0.2, 0) is 10.0 Å². The highest BCUT2D eigenvalue weighted by molar-refractivity contribution is 7.92. The van der Waals surface area contributed by atoms with Crippen molar-refractivity contribution in [3.05, 3.63) is 35.7 Å². The van der Waals surface area contributed by atoms with Gasteiger partial charge in [0.25, 0.3) is 10.0 Å². The Bertz CT molecular complexity index is 1050. The van der Waals surface area contributed by atoms with Crippen LogP contribution in [0.3, 0.4) is 0 Å². The minimum absolute atomic E-state index is 0.0628. The molecule has 8 nitrogen and oxygen atoms in total. The van der Waals surface area contributed by atoms with Gasteiger partial charge in [0.05, 0.1) is 10.6 Å². The first-order chi connectivity index (χ1) is 14.7. The van der Waals surface area contributed by atoms with Crippen molar-refractivity contribution in [1.29, 1.82) is 0 Å². The molecule has 4 aliphatic rings. The maximum absolute atomic E-state index is 12.7. The number of hydrogen-bond acceptors (Lipinski definition) is 5. The Morgan fingerprint density at radius 2 is 1.61 bits per heavy atom. The minimum Gasteiger partial charge on any atom is -0.428 e. The second-order valence-electron chi connectivity index (χ2n) is 9.57. The van der Waals surface area contributed by atoms with Gasteiger partial charge in [-0.3, -0.25) is 0 Å². The normalized spacial score (nSPS) is 29.0. The number of aryl methyl sites for hydroxylation is 2. The number of amides is 2. The van der Waals surface area contributed by atoms with E-state index in [0.29, 0.717) is 17.1 Å². The molecule has 9 heteroatoms. The maximum atomic E-state index is 12.7. The molecule has 0 saturated heterocycles. The Kier molecular flexibility index (Phi) is 4.76. The molecule has 1 aromatic heterocycles. The molecule has 0 unspecified atom stereocenters. The topological polar surface area (TPSA) is 113 Å². The van der Waals surface area contributed by atoms with Crippen molar-refractivity contribution in [2.45, 2.75) is 62.8 Å². The van der Waals surface area contributed by atoms with Crippen molar-refractivity contribution in [3.8, 4) is 0 Å². The highest BCUT2D eigenvalue weighted by Gasteiger charge is 2.51. The molecule has 31 heavy (non-hydrogen) atoms. The summed E-state index contributed by atoms with van der Waals surface area (Å²) in [7, 11) is -3.83. The summed E-state index contributed by atoms with van der Waals surface area (Å²) in [5.41, 5.74) is 1.10.